The lowest BCUT2D eigenvalue weighted by Gasteiger charge is -2.17. The molecule has 0 saturated carbocycles. The highest BCUT2D eigenvalue weighted by Crippen LogP contribution is 2.41. The van der Waals surface area contributed by atoms with Crippen molar-refractivity contribution in [3.63, 3.8) is 0 Å². The number of nitrogens with one attached hydrogen (secondary N) is 1. The monoisotopic (exact) mass is 299 g/mol. The van der Waals surface area contributed by atoms with Gasteiger partial charge in [-0.05, 0) is 41.6 Å². The van der Waals surface area contributed by atoms with Gasteiger partial charge in [-0.1, -0.05) is 24.3 Å². The molecule has 0 bridgehead atoms. The number of hydrogen-bond donors (Lipinski definition) is 0. The van der Waals surface area contributed by atoms with Crippen LogP contribution >= 0.6 is 11.8 Å². The molecule has 21 heavy (non-hydrogen) atoms. The maximum Gasteiger partial charge on any atom is 0.324 e. The predicted octanol–water partition coefficient (Wildman–Crippen LogP) is 3.47. The largest absolute Gasteiger partial charge is 0.324 e. The molecular formula is C16H12FN2OS+. The SMILES string of the molecule is O=C1CC(c2cccc(F)c2)Sc2[nH+]c3ccccc3n21. The van der Waals surface area contributed by atoms with Gasteiger partial charge in [-0.15, -0.1) is 0 Å². The zero-order chi connectivity index (χ0) is 14.4. The van der Waals surface area contributed by atoms with Gasteiger partial charge in [0, 0.05) is 0 Å². The lowest BCUT2D eigenvalue weighted by Crippen LogP contribution is -2.22. The molecule has 0 fully saturated rings. The third-order valence-corrected chi connectivity index (χ3v) is 4.90. The van der Waals surface area contributed by atoms with E-state index in [1.807, 2.05) is 30.3 Å². The van der Waals surface area contributed by atoms with Crippen LogP contribution in [0.4, 0.5) is 4.39 Å². The van der Waals surface area contributed by atoms with Gasteiger partial charge in [0.1, 0.15) is 5.82 Å². The van der Waals surface area contributed by atoms with Gasteiger partial charge in [-0.2, -0.15) is 4.57 Å². The third-order valence-electron chi connectivity index (χ3n) is 3.67. The Morgan fingerprint density at radius 3 is 2.90 bits per heavy atom. The van der Waals surface area contributed by atoms with Gasteiger partial charge in [-0.3, -0.25) is 0 Å². The van der Waals surface area contributed by atoms with Crippen LogP contribution in [0.15, 0.2) is 53.7 Å². The van der Waals surface area contributed by atoms with E-state index in [1.165, 1.54) is 12.1 Å². The van der Waals surface area contributed by atoms with Crippen molar-refractivity contribution >= 4 is 28.7 Å². The molecule has 5 heteroatoms. The minimum Gasteiger partial charge on any atom is -0.246 e. The summed E-state index contributed by atoms with van der Waals surface area (Å²) in [5.74, 6) is -0.230. The number of halogens is 1. The van der Waals surface area contributed by atoms with Gasteiger partial charge < -0.3 is 0 Å². The van der Waals surface area contributed by atoms with Crippen LogP contribution in [-0.4, -0.2) is 10.5 Å². The normalized spacial score (nSPS) is 18.0. The molecule has 0 amide bonds. The number of benzene rings is 2. The minimum absolute atomic E-state index is 0.0375. The van der Waals surface area contributed by atoms with Crippen molar-refractivity contribution in [3.05, 3.63) is 59.9 Å². The molecule has 1 unspecified atom stereocenters. The Morgan fingerprint density at radius 1 is 1.19 bits per heavy atom. The number of hydrogen-bond acceptors (Lipinski definition) is 2. The van der Waals surface area contributed by atoms with E-state index in [2.05, 4.69) is 4.98 Å². The fourth-order valence-electron chi connectivity index (χ4n) is 2.70. The second-order valence-corrected chi connectivity index (χ2v) is 6.23. The Morgan fingerprint density at radius 2 is 2.05 bits per heavy atom. The van der Waals surface area contributed by atoms with Gasteiger partial charge in [0.05, 0.1) is 11.7 Å². The number of H-pyrrole nitrogens is 1. The summed E-state index contributed by atoms with van der Waals surface area (Å²) in [5.41, 5.74) is 2.68. The maximum absolute atomic E-state index is 13.4. The smallest absolute Gasteiger partial charge is 0.246 e. The Balaban J connectivity index is 1.80. The van der Waals surface area contributed by atoms with E-state index < -0.39 is 0 Å². The summed E-state index contributed by atoms with van der Waals surface area (Å²) in [6, 6.07) is 14.2. The Kier molecular flexibility index (Phi) is 2.82. The molecule has 2 heterocycles. The molecule has 1 atom stereocenters. The standard InChI is InChI=1S/C16H11FN2OS/c17-11-5-3-4-10(8-11)14-9-15(20)19-13-7-2-1-6-12(13)18-16(19)21-14/h1-8,14H,9H2/p+1. The second-order valence-electron chi connectivity index (χ2n) is 5.04. The predicted molar refractivity (Wildman–Crippen MR) is 78.7 cm³/mol. The van der Waals surface area contributed by atoms with Crippen LogP contribution in [0.25, 0.3) is 11.0 Å². The zero-order valence-electron chi connectivity index (χ0n) is 11.0. The van der Waals surface area contributed by atoms with E-state index in [0.29, 0.717) is 6.42 Å². The molecule has 0 saturated heterocycles. The highest BCUT2D eigenvalue weighted by atomic mass is 32.2. The van der Waals surface area contributed by atoms with E-state index >= 15 is 0 Å². The molecule has 2 aromatic carbocycles. The minimum atomic E-state index is -0.268. The van der Waals surface area contributed by atoms with Crippen molar-refractivity contribution in [1.82, 2.24) is 4.57 Å². The fraction of sp³-hybridized carbons (Fsp3) is 0.125. The van der Waals surface area contributed by atoms with Crippen molar-refractivity contribution in [1.29, 1.82) is 0 Å². The molecule has 3 aromatic rings. The number of rotatable bonds is 1. The average molecular weight is 299 g/mol. The number of nitrogens with zero attached hydrogens (tertiary/aromatic N) is 1. The topological polar surface area (TPSA) is 36.1 Å². The molecule has 0 radical (unpaired) electrons. The summed E-state index contributed by atoms with van der Waals surface area (Å²) in [6.45, 7) is 0. The molecule has 3 nitrogen and oxygen atoms in total. The summed E-state index contributed by atoms with van der Waals surface area (Å²) < 4.78 is 15.1. The quantitative estimate of drug-likeness (QED) is 0.690. The van der Waals surface area contributed by atoms with Gasteiger partial charge in [0.15, 0.2) is 11.0 Å². The van der Waals surface area contributed by atoms with Crippen molar-refractivity contribution < 1.29 is 14.2 Å². The van der Waals surface area contributed by atoms with E-state index in [0.717, 1.165) is 21.8 Å². The second kappa shape index (κ2) is 4.70. The van der Waals surface area contributed by atoms with Crippen LogP contribution in [0.3, 0.4) is 0 Å². The van der Waals surface area contributed by atoms with Crippen LogP contribution in [-0.2, 0) is 0 Å². The number of aromatic amines is 1. The molecule has 0 spiro atoms. The maximum atomic E-state index is 13.4. The zero-order valence-corrected chi connectivity index (χ0v) is 11.9. The van der Waals surface area contributed by atoms with Crippen molar-refractivity contribution in [3.8, 4) is 0 Å². The Hall–Kier alpha value is -2.14. The Labute approximate surface area is 124 Å². The van der Waals surface area contributed by atoms with Crippen LogP contribution in [0, 0.1) is 5.82 Å². The van der Waals surface area contributed by atoms with Crippen LogP contribution < -0.4 is 4.98 Å². The van der Waals surface area contributed by atoms with Crippen molar-refractivity contribution in [2.24, 2.45) is 0 Å². The highest BCUT2D eigenvalue weighted by molar-refractivity contribution is 7.99. The van der Waals surface area contributed by atoms with Gasteiger partial charge >= 0.3 is 11.1 Å². The number of para-hydroxylation sites is 2. The first-order chi connectivity index (χ1) is 10.2. The molecule has 1 aliphatic rings. The van der Waals surface area contributed by atoms with Crippen LogP contribution in [0.1, 0.15) is 22.0 Å². The van der Waals surface area contributed by atoms with E-state index in [1.54, 1.807) is 22.4 Å². The van der Waals surface area contributed by atoms with Crippen molar-refractivity contribution in [2.45, 2.75) is 16.8 Å². The first kappa shape index (κ1) is 12.6. The average Bonchev–Trinajstić information content (AvgIpc) is 2.86. The number of fused-ring (bicyclic) bond motifs is 3. The molecule has 104 valence electrons. The van der Waals surface area contributed by atoms with Gasteiger partial charge in [0.2, 0.25) is 0 Å². The summed E-state index contributed by atoms with van der Waals surface area (Å²) in [6.07, 6.45) is 0.369. The fourth-order valence-corrected chi connectivity index (χ4v) is 3.96. The van der Waals surface area contributed by atoms with Crippen LogP contribution in [0.2, 0.25) is 0 Å². The summed E-state index contributed by atoms with van der Waals surface area (Å²) in [4.78, 5) is 15.7. The first-order valence-electron chi connectivity index (χ1n) is 6.70. The summed E-state index contributed by atoms with van der Waals surface area (Å²) >= 11 is 1.57. The Bertz CT molecular complexity index is 858. The molecule has 1 aromatic heterocycles. The highest BCUT2D eigenvalue weighted by Gasteiger charge is 2.35. The molecule has 1 aliphatic heterocycles. The van der Waals surface area contributed by atoms with E-state index in [9.17, 15) is 9.18 Å². The number of carbonyl (C=O) groups excluding carboxylic acids is 1. The molecule has 4 rings (SSSR count). The van der Waals surface area contributed by atoms with Crippen molar-refractivity contribution in [2.75, 3.05) is 0 Å². The number of thioether (sulfide) groups is 1. The molecule has 1 N–H and O–H groups in total. The summed E-state index contributed by atoms with van der Waals surface area (Å²) in [5, 5.41) is 0.753. The molecule has 0 aliphatic carbocycles. The van der Waals surface area contributed by atoms with Gasteiger partial charge in [0.25, 0.3) is 0 Å². The molecular weight excluding hydrogens is 287 g/mol. The lowest BCUT2D eigenvalue weighted by atomic mass is 10.1. The number of carbonyl (C=O) groups is 1. The van der Waals surface area contributed by atoms with Gasteiger partial charge in [-0.25, -0.2) is 14.2 Å². The third kappa shape index (κ3) is 2.05. The number of aromatic nitrogens is 2. The summed E-state index contributed by atoms with van der Waals surface area (Å²) in [7, 11) is 0. The number of imidazole rings is 1. The van der Waals surface area contributed by atoms with E-state index in [4.69, 9.17) is 0 Å². The van der Waals surface area contributed by atoms with Crippen LogP contribution in [0.5, 0.6) is 0 Å². The van der Waals surface area contributed by atoms with E-state index in [-0.39, 0.29) is 17.0 Å². The lowest BCUT2D eigenvalue weighted by molar-refractivity contribution is -0.398. The first-order valence-corrected chi connectivity index (χ1v) is 7.58.